The molecule has 0 saturated heterocycles. The molecule has 0 aromatic heterocycles. The summed E-state index contributed by atoms with van der Waals surface area (Å²) in [6.07, 6.45) is 0.411. The van der Waals surface area contributed by atoms with Gasteiger partial charge in [-0.2, -0.15) is 25.3 Å². The van der Waals surface area contributed by atoms with Crippen molar-refractivity contribution in [2.45, 2.75) is 17.4 Å². The molecule has 0 heterocycles. The summed E-state index contributed by atoms with van der Waals surface area (Å²) in [6.45, 7) is 1.47. The fourth-order valence-electron chi connectivity index (χ4n) is 0.151. The number of aliphatic hydroxyl groups is 2. The van der Waals surface area contributed by atoms with Gasteiger partial charge in [0.15, 0.2) is 4.08 Å². The third-order valence-corrected chi connectivity index (χ3v) is 1.95. The van der Waals surface area contributed by atoms with Gasteiger partial charge in [-0.25, -0.2) is 4.79 Å². The van der Waals surface area contributed by atoms with Crippen molar-refractivity contribution in [3.63, 3.8) is 0 Å². The highest BCUT2D eigenvalue weighted by molar-refractivity contribution is 8.01. The topological polar surface area (TPSA) is 77.8 Å². The third-order valence-electron chi connectivity index (χ3n) is 0.936. The second-order valence-corrected chi connectivity index (χ2v) is 3.80. The van der Waals surface area contributed by atoms with E-state index in [4.69, 9.17) is 15.3 Å². The van der Waals surface area contributed by atoms with Crippen molar-refractivity contribution in [1.82, 2.24) is 0 Å². The Labute approximate surface area is 82.4 Å². The van der Waals surface area contributed by atoms with Crippen molar-refractivity contribution in [3.8, 4) is 0 Å². The van der Waals surface area contributed by atoms with Crippen LogP contribution in [0.2, 0.25) is 0 Å². The molecule has 4 nitrogen and oxygen atoms in total. The number of carbonyl (C=O) groups is 1. The monoisotopic (exact) mass is 214 g/mol. The van der Waals surface area contributed by atoms with Crippen molar-refractivity contribution in [2.75, 3.05) is 13.2 Å². The molecule has 0 bridgehead atoms. The van der Waals surface area contributed by atoms with Crippen LogP contribution in [0.1, 0.15) is 13.3 Å². The number of hydrogen-bond donors (Lipinski definition) is 5. The zero-order valence-electron chi connectivity index (χ0n) is 6.77. The van der Waals surface area contributed by atoms with Crippen LogP contribution in [0.4, 0.5) is 0 Å². The van der Waals surface area contributed by atoms with E-state index >= 15 is 0 Å². The summed E-state index contributed by atoms with van der Waals surface area (Å²) in [5.41, 5.74) is 0. The maximum absolute atomic E-state index is 10.1. The Hall–Kier alpha value is 0.0900. The van der Waals surface area contributed by atoms with Crippen LogP contribution in [0.3, 0.4) is 0 Å². The first-order chi connectivity index (χ1) is 5.42. The Kier molecular flexibility index (Phi) is 9.40. The minimum Gasteiger partial charge on any atom is -0.480 e. The molecule has 0 aromatic carbocycles. The van der Waals surface area contributed by atoms with Crippen LogP contribution in [0.5, 0.6) is 0 Å². The number of hydrogen-bond acceptors (Lipinski definition) is 5. The van der Waals surface area contributed by atoms with Crippen LogP contribution in [-0.2, 0) is 4.79 Å². The third kappa shape index (κ3) is 8.19. The lowest BCUT2D eigenvalue weighted by Crippen LogP contribution is -2.24. The van der Waals surface area contributed by atoms with Crippen LogP contribution in [0.25, 0.3) is 0 Å². The summed E-state index contributed by atoms with van der Waals surface area (Å²) in [7, 11) is 0. The summed E-state index contributed by atoms with van der Waals surface area (Å²) < 4.78 is -1.15. The molecule has 0 spiro atoms. The number of thiol groups is 2. The maximum Gasteiger partial charge on any atom is 0.329 e. The van der Waals surface area contributed by atoms with Gasteiger partial charge >= 0.3 is 5.97 Å². The average molecular weight is 214 g/mol. The minimum absolute atomic E-state index is 0.125. The van der Waals surface area contributed by atoms with Gasteiger partial charge in [-0.15, -0.1) is 0 Å². The lowest BCUT2D eigenvalue weighted by atomic mass is 10.3. The molecule has 6 heteroatoms. The Balaban J connectivity index is 0. The first kappa shape index (κ1) is 14.6. The molecule has 0 rings (SSSR count). The predicted molar refractivity (Wildman–Crippen MR) is 52.8 cm³/mol. The van der Waals surface area contributed by atoms with Gasteiger partial charge in [0.1, 0.15) is 0 Å². The molecule has 0 radical (unpaired) electrons. The molecule has 0 aliphatic heterocycles. The number of aliphatic carboxylic acids is 1. The fourth-order valence-corrected chi connectivity index (χ4v) is 0.151. The molecule has 0 saturated carbocycles. The van der Waals surface area contributed by atoms with Crippen molar-refractivity contribution in [3.05, 3.63) is 0 Å². The van der Waals surface area contributed by atoms with Crippen LogP contribution >= 0.6 is 25.3 Å². The van der Waals surface area contributed by atoms with Gasteiger partial charge in [-0.1, -0.05) is 6.92 Å². The predicted octanol–water partition coefficient (Wildman–Crippen LogP) is 0.00790. The van der Waals surface area contributed by atoms with Crippen LogP contribution in [-0.4, -0.2) is 38.6 Å². The van der Waals surface area contributed by atoms with E-state index in [1.165, 1.54) is 0 Å². The van der Waals surface area contributed by atoms with E-state index in [9.17, 15) is 4.79 Å². The van der Waals surface area contributed by atoms with Gasteiger partial charge in [-0.3, -0.25) is 0 Å². The normalized spacial score (nSPS) is 10.1. The van der Waals surface area contributed by atoms with E-state index in [2.05, 4.69) is 25.3 Å². The van der Waals surface area contributed by atoms with E-state index in [-0.39, 0.29) is 13.2 Å². The molecule has 0 amide bonds. The van der Waals surface area contributed by atoms with Gasteiger partial charge in [0.2, 0.25) is 0 Å². The Morgan fingerprint density at radius 3 is 1.67 bits per heavy atom. The van der Waals surface area contributed by atoms with E-state index in [1.54, 1.807) is 6.92 Å². The maximum atomic E-state index is 10.1. The summed E-state index contributed by atoms with van der Waals surface area (Å²) in [5, 5.41) is 23.5. The average Bonchev–Trinajstić information content (AvgIpc) is 2.05. The van der Waals surface area contributed by atoms with Gasteiger partial charge in [-0.05, 0) is 6.42 Å². The highest BCUT2D eigenvalue weighted by atomic mass is 32.2. The molecule has 0 aromatic rings. The first-order valence-corrected chi connectivity index (χ1v) is 4.21. The molecule has 0 atom stereocenters. The lowest BCUT2D eigenvalue weighted by molar-refractivity contribution is -0.137. The molecule has 0 unspecified atom stereocenters. The number of carboxylic acids is 1. The zero-order chi connectivity index (χ0) is 10.2. The SMILES string of the molecule is CCC(S)(S)C(=O)O.OCCO. The Morgan fingerprint density at radius 1 is 1.33 bits per heavy atom. The molecule has 0 aliphatic carbocycles. The first-order valence-electron chi connectivity index (χ1n) is 3.32. The number of carboxylic acid groups (broad SMARTS) is 1. The molecule has 74 valence electrons. The molecular weight excluding hydrogens is 200 g/mol. The fraction of sp³-hybridized carbons (Fsp3) is 0.833. The van der Waals surface area contributed by atoms with E-state index < -0.39 is 10.0 Å². The van der Waals surface area contributed by atoms with Gasteiger partial charge in [0.25, 0.3) is 0 Å². The van der Waals surface area contributed by atoms with Crippen molar-refractivity contribution < 1.29 is 20.1 Å². The van der Waals surface area contributed by atoms with Crippen molar-refractivity contribution >= 4 is 31.2 Å². The Bertz CT molecular complexity index is 125. The largest absolute Gasteiger partial charge is 0.480 e. The van der Waals surface area contributed by atoms with Crippen LogP contribution < -0.4 is 0 Å². The van der Waals surface area contributed by atoms with Gasteiger partial charge in [0.05, 0.1) is 13.2 Å². The van der Waals surface area contributed by atoms with E-state index in [0.717, 1.165) is 0 Å². The summed E-state index contributed by atoms with van der Waals surface area (Å²) >= 11 is 7.49. The van der Waals surface area contributed by atoms with Crippen LogP contribution in [0, 0.1) is 0 Å². The molecular formula is C6H14O4S2. The lowest BCUT2D eigenvalue weighted by Gasteiger charge is -2.12. The summed E-state index contributed by atoms with van der Waals surface area (Å²) in [5.74, 6) is -0.994. The summed E-state index contributed by atoms with van der Waals surface area (Å²) in [4.78, 5) is 10.1. The second-order valence-electron chi connectivity index (χ2n) is 1.92. The van der Waals surface area contributed by atoms with Gasteiger partial charge < -0.3 is 15.3 Å². The van der Waals surface area contributed by atoms with E-state index in [1.807, 2.05) is 0 Å². The Morgan fingerprint density at radius 2 is 1.67 bits per heavy atom. The molecule has 0 aliphatic rings. The molecule has 12 heavy (non-hydrogen) atoms. The smallest absolute Gasteiger partial charge is 0.329 e. The molecule has 0 fully saturated rings. The minimum atomic E-state index is -1.15. The quantitative estimate of drug-likeness (QED) is 0.339. The van der Waals surface area contributed by atoms with Crippen LogP contribution in [0.15, 0.2) is 0 Å². The van der Waals surface area contributed by atoms with Gasteiger partial charge in [0, 0.05) is 0 Å². The van der Waals surface area contributed by atoms with Crippen molar-refractivity contribution in [2.24, 2.45) is 0 Å². The standard InChI is InChI=1S/C4H8O2S2.C2H6O2/c1-2-4(7,8)3(5)6;3-1-2-4/h7-8H,2H2,1H3,(H,5,6);3-4H,1-2H2. The molecule has 3 N–H and O–H groups in total. The summed E-state index contributed by atoms with van der Waals surface area (Å²) in [6, 6.07) is 0. The van der Waals surface area contributed by atoms with E-state index in [0.29, 0.717) is 6.42 Å². The number of rotatable bonds is 3. The highest BCUT2D eigenvalue weighted by Gasteiger charge is 2.26. The highest BCUT2D eigenvalue weighted by Crippen LogP contribution is 2.22. The number of aliphatic hydroxyl groups excluding tert-OH is 2. The zero-order valence-corrected chi connectivity index (χ0v) is 8.55. The van der Waals surface area contributed by atoms with Crippen molar-refractivity contribution in [1.29, 1.82) is 0 Å². The second kappa shape index (κ2) is 7.72.